The first-order chi connectivity index (χ1) is 17.1. The number of rotatable bonds is 6. The molecule has 1 unspecified atom stereocenters. The van der Waals surface area contributed by atoms with Gasteiger partial charge in [-0.05, 0) is 48.9 Å². The molecule has 180 valence electrons. The van der Waals surface area contributed by atoms with Crippen LogP contribution in [0.3, 0.4) is 0 Å². The molecule has 0 N–H and O–H groups in total. The Labute approximate surface area is 204 Å². The lowest BCUT2D eigenvalue weighted by molar-refractivity contribution is -0.137. The van der Waals surface area contributed by atoms with Crippen LogP contribution in [0.25, 0.3) is 0 Å². The van der Waals surface area contributed by atoms with E-state index in [1.54, 1.807) is 41.3 Å². The molecular formula is C27H27N3O5. The van der Waals surface area contributed by atoms with E-state index in [1.165, 1.54) is 0 Å². The molecule has 2 aliphatic heterocycles. The zero-order chi connectivity index (χ0) is 24.3. The molecule has 2 aliphatic rings. The van der Waals surface area contributed by atoms with Gasteiger partial charge >= 0.3 is 0 Å². The Morgan fingerprint density at radius 1 is 1.06 bits per heavy atom. The van der Waals surface area contributed by atoms with Crippen molar-refractivity contribution < 1.29 is 23.8 Å². The van der Waals surface area contributed by atoms with Crippen molar-refractivity contribution in [2.45, 2.75) is 18.6 Å². The van der Waals surface area contributed by atoms with E-state index in [0.717, 1.165) is 11.4 Å². The normalized spacial score (nSPS) is 19.7. The monoisotopic (exact) mass is 473 g/mol. The van der Waals surface area contributed by atoms with Crippen molar-refractivity contribution in [3.05, 3.63) is 84.2 Å². The lowest BCUT2D eigenvalue weighted by atomic mass is 10.00. The van der Waals surface area contributed by atoms with E-state index in [9.17, 15) is 9.59 Å². The highest BCUT2D eigenvalue weighted by Crippen LogP contribution is 2.34. The number of carbonyl (C=O) groups is 2. The molecule has 2 aromatic carbocycles. The topological polar surface area (TPSA) is 81.2 Å². The fourth-order valence-electron chi connectivity index (χ4n) is 4.56. The molecule has 5 rings (SSSR count). The maximum absolute atomic E-state index is 13.4. The first kappa shape index (κ1) is 22.9. The van der Waals surface area contributed by atoms with Crippen LogP contribution in [0.15, 0.2) is 72.9 Å². The smallest absolute Gasteiger partial charge is 0.254 e. The Kier molecular flexibility index (Phi) is 6.37. The molecule has 8 heteroatoms. The largest absolute Gasteiger partial charge is 0.493 e. The van der Waals surface area contributed by atoms with Crippen molar-refractivity contribution in [1.29, 1.82) is 0 Å². The van der Waals surface area contributed by atoms with Gasteiger partial charge < -0.3 is 24.0 Å². The summed E-state index contributed by atoms with van der Waals surface area (Å²) < 4.78 is 17.4. The summed E-state index contributed by atoms with van der Waals surface area (Å²) in [5.41, 5.74) is 1.55. The number of pyridine rings is 1. The third kappa shape index (κ3) is 4.83. The molecular weight excluding hydrogens is 446 g/mol. The zero-order valence-corrected chi connectivity index (χ0v) is 19.6. The van der Waals surface area contributed by atoms with Gasteiger partial charge in [0.2, 0.25) is 0 Å². The molecule has 1 aromatic heterocycles. The number of carbonyl (C=O) groups excluding carboxylic acids is 2. The second-order valence-electron chi connectivity index (χ2n) is 8.74. The van der Waals surface area contributed by atoms with Crippen LogP contribution in [0, 0.1) is 0 Å². The van der Waals surface area contributed by atoms with Crippen LogP contribution >= 0.6 is 0 Å². The number of anilines is 1. The summed E-state index contributed by atoms with van der Waals surface area (Å²) in [7, 11) is 1.56. The quantitative estimate of drug-likeness (QED) is 0.546. The molecule has 2 amide bonds. The van der Waals surface area contributed by atoms with Gasteiger partial charge in [-0.2, -0.15) is 0 Å². The Balaban J connectivity index is 1.30. The number of hydrogen-bond acceptors (Lipinski definition) is 6. The summed E-state index contributed by atoms with van der Waals surface area (Å²) in [6, 6.07) is 20.4. The zero-order valence-electron chi connectivity index (χ0n) is 19.6. The number of benzene rings is 2. The minimum atomic E-state index is -0.579. The summed E-state index contributed by atoms with van der Waals surface area (Å²) in [5, 5.41) is 0. The number of amides is 2. The standard InChI is InChI=1S/C27H27N3O5/c1-33-23-11-10-20(15-24(23)34-16-21-7-5-6-13-28-21)26(32)29-14-12-27(18-29)19-30(25(31)17-35-27)22-8-3-2-4-9-22/h2-11,13,15H,12,14,16-19H2,1H3. The second-order valence-corrected chi connectivity index (χ2v) is 8.74. The van der Waals surface area contributed by atoms with Gasteiger partial charge in [0.15, 0.2) is 11.5 Å². The second kappa shape index (κ2) is 9.76. The Morgan fingerprint density at radius 3 is 2.66 bits per heavy atom. The van der Waals surface area contributed by atoms with Gasteiger partial charge in [-0.15, -0.1) is 0 Å². The molecule has 1 spiro atoms. The van der Waals surface area contributed by atoms with Crippen LogP contribution in [-0.4, -0.2) is 60.7 Å². The van der Waals surface area contributed by atoms with Crippen molar-refractivity contribution in [2.24, 2.45) is 0 Å². The number of likely N-dealkylation sites (tertiary alicyclic amines) is 1. The van der Waals surface area contributed by atoms with Crippen LogP contribution in [0.2, 0.25) is 0 Å². The number of hydrogen-bond donors (Lipinski definition) is 0. The average molecular weight is 474 g/mol. The van der Waals surface area contributed by atoms with Crippen molar-refractivity contribution in [3.8, 4) is 11.5 Å². The van der Waals surface area contributed by atoms with E-state index in [-0.39, 0.29) is 25.0 Å². The number of para-hydroxylation sites is 1. The SMILES string of the molecule is COc1ccc(C(=O)N2CCC3(C2)CN(c2ccccc2)C(=O)CO3)cc1OCc1ccccn1. The number of aromatic nitrogens is 1. The van der Waals surface area contributed by atoms with Crippen LogP contribution < -0.4 is 14.4 Å². The molecule has 2 saturated heterocycles. The molecule has 1 atom stereocenters. The number of methoxy groups -OCH3 is 1. The van der Waals surface area contributed by atoms with Gasteiger partial charge in [0.25, 0.3) is 11.8 Å². The van der Waals surface area contributed by atoms with E-state index in [1.807, 2.05) is 48.5 Å². The first-order valence-corrected chi connectivity index (χ1v) is 11.6. The predicted octanol–water partition coefficient (Wildman–Crippen LogP) is 3.32. The molecule has 0 radical (unpaired) electrons. The Morgan fingerprint density at radius 2 is 1.89 bits per heavy atom. The number of morpholine rings is 1. The highest BCUT2D eigenvalue weighted by atomic mass is 16.5. The van der Waals surface area contributed by atoms with E-state index in [4.69, 9.17) is 14.2 Å². The highest BCUT2D eigenvalue weighted by Gasteiger charge is 2.46. The van der Waals surface area contributed by atoms with Gasteiger partial charge in [-0.1, -0.05) is 24.3 Å². The molecule has 2 fully saturated rings. The minimum Gasteiger partial charge on any atom is -0.493 e. The summed E-state index contributed by atoms with van der Waals surface area (Å²) in [6.07, 6.45) is 2.37. The van der Waals surface area contributed by atoms with Crippen LogP contribution in [0.5, 0.6) is 11.5 Å². The van der Waals surface area contributed by atoms with Gasteiger partial charge in [0.05, 0.1) is 25.9 Å². The fourth-order valence-corrected chi connectivity index (χ4v) is 4.56. The van der Waals surface area contributed by atoms with Crippen molar-refractivity contribution in [2.75, 3.05) is 38.3 Å². The summed E-state index contributed by atoms with van der Waals surface area (Å²) >= 11 is 0. The van der Waals surface area contributed by atoms with Gasteiger partial charge in [-0.25, -0.2) is 0 Å². The van der Waals surface area contributed by atoms with Crippen molar-refractivity contribution in [3.63, 3.8) is 0 Å². The first-order valence-electron chi connectivity index (χ1n) is 11.6. The maximum atomic E-state index is 13.4. The third-order valence-corrected chi connectivity index (χ3v) is 6.43. The molecule has 3 aromatic rings. The summed E-state index contributed by atoms with van der Waals surface area (Å²) in [4.78, 5) is 33.7. The highest BCUT2D eigenvalue weighted by molar-refractivity contribution is 5.96. The van der Waals surface area contributed by atoms with Gasteiger partial charge in [0.1, 0.15) is 18.8 Å². The van der Waals surface area contributed by atoms with E-state index < -0.39 is 5.60 Å². The molecule has 35 heavy (non-hydrogen) atoms. The molecule has 0 aliphatic carbocycles. The van der Waals surface area contributed by atoms with E-state index in [2.05, 4.69) is 4.98 Å². The minimum absolute atomic E-state index is 0.00493. The van der Waals surface area contributed by atoms with Crippen LogP contribution in [0.4, 0.5) is 5.69 Å². The predicted molar refractivity (Wildman–Crippen MR) is 130 cm³/mol. The number of ether oxygens (including phenoxy) is 3. The summed E-state index contributed by atoms with van der Waals surface area (Å²) in [6.45, 7) is 1.65. The average Bonchev–Trinajstić information content (AvgIpc) is 3.33. The lowest BCUT2D eigenvalue weighted by Crippen LogP contribution is -2.56. The van der Waals surface area contributed by atoms with Crippen molar-refractivity contribution in [1.82, 2.24) is 9.88 Å². The van der Waals surface area contributed by atoms with E-state index in [0.29, 0.717) is 43.1 Å². The van der Waals surface area contributed by atoms with E-state index >= 15 is 0 Å². The van der Waals surface area contributed by atoms with Gasteiger partial charge in [-0.3, -0.25) is 14.6 Å². The third-order valence-electron chi connectivity index (χ3n) is 6.43. The van der Waals surface area contributed by atoms with Crippen LogP contribution in [0.1, 0.15) is 22.5 Å². The molecule has 0 saturated carbocycles. The lowest BCUT2D eigenvalue weighted by Gasteiger charge is -2.40. The Hall–Kier alpha value is -3.91. The van der Waals surface area contributed by atoms with Crippen LogP contribution in [-0.2, 0) is 16.1 Å². The fraction of sp³-hybridized carbons (Fsp3) is 0.296. The molecule has 0 bridgehead atoms. The van der Waals surface area contributed by atoms with Crippen molar-refractivity contribution >= 4 is 17.5 Å². The van der Waals surface area contributed by atoms with Gasteiger partial charge in [0, 0.05) is 24.0 Å². The Bertz CT molecular complexity index is 1200. The maximum Gasteiger partial charge on any atom is 0.254 e. The summed E-state index contributed by atoms with van der Waals surface area (Å²) in [5.74, 6) is 0.839. The molecule has 8 nitrogen and oxygen atoms in total. The number of nitrogens with zero attached hydrogens (tertiary/aromatic N) is 3. The molecule has 3 heterocycles.